The van der Waals surface area contributed by atoms with Crippen molar-refractivity contribution in [3.8, 4) is 0 Å². The zero-order valence-electron chi connectivity index (χ0n) is 17.4. The van der Waals surface area contributed by atoms with Gasteiger partial charge in [-0.1, -0.05) is 19.8 Å². The van der Waals surface area contributed by atoms with E-state index in [9.17, 15) is 19.2 Å². The fourth-order valence-corrected chi connectivity index (χ4v) is 4.08. The number of primary amides is 1. The van der Waals surface area contributed by atoms with Crippen LogP contribution in [0, 0.1) is 5.41 Å². The van der Waals surface area contributed by atoms with E-state index in [-0.39, 0.29) is 5.41 Å². The third-order valence-electron chi connectivity index (χ3n) is 5.74. The topological polar surface area (TPSA) is 128 Å². The highest BCUT2D eigenvalue weighted by molar-refractivity contribution is 6.39. The maximum absolute atomic E-state index is 13.0. The molecular formula is C20H33N3O5. The molecule has 0 saturated heterocycles. The van der Waals surface area contributed by atoms with Crippen molar-refractivity contribution >= 4 is 23.7 Å². The summed E-state index contributed by atoms with van der Waals surface area (Å²) >= 11 is 0. The van der Waals surface area contributed by atoms with Crippen LogP contribution in [0.15, 0.2) is 0 Å². The largest absolute Gasteiger partial charge is 0.444 e. The number of carbonyl (C=O) groups excluding carboxylic acids is 4. The first-order valence-electron chi connectivity index (χ1n) is 10.0. The van der Waals surface area contributed by atoms with Gasteiger partial charge in [0.1, 0.15) is 17.2 Å². The summed E-state index contributed by atoms with van der Waals surface area (Å²) in [5, 5.41) is 5.37. The second kappa shape index (κ2) is 8.09. The van der Waals surface area contributed by atoms with Gasteiger partial charge in [-0.3, -0.25) is 14.4 Å². The number of hydrogen-bond donors (Lipinski definition) is 3. The highest BCUT2D eigenvalue weighted by atomic mass is 16.6. The first kappa shape index (κ1) is 22.2. The summed E-state index contributed by atoms with van der Waals surface area (Å²) in [6.07, 6.45) is 5.34. The second-order valence-electron chi connectivity index (χ2n) is 9.54. The molecule has 0 unspecified atom stereocenters. The van der Waals surface area contributed by atoms with Gasteiger partial charge in [0, 0.05) is 0 Å². The molecular weight excluding hydrogens is 362 g/mol. The monoisotopic (exact) mass is 395 g/mol. The zero-order chi connectivity index (χ0) is 21.2. The van der Waals surface area contributed by atoms with E-state index < -0.39 is 40.9 Å². The van der Waals surface area contributed by atoms with E-state index in [4.69, 9.17) is 10.5 Å². The molecule has 4 N–H and O–H groups in total. The van der Waals surface area contributed by atoms with Gasteiger partial charge < -0.3 is 21.1 Å². The Morgan fingerprint density at radius 1 is 1.04 bits per heavy atom. The van der Waals surface area contributed by atoms with Crippen molar-refractivity contribution in [2.75, 3.05) is 0 Å². The Kier molecular flexibility index (Phi) is 6.41. The van der Waals surface area contributed by atoms with E-state index in [1.807, 2.05) is 0 Å². The molecule has 28 heavy (non-hydrogen) atoms. The molecule has 0 aromatic heterocycles. The molecule has 158 valence electrons. The van der Waals surface area contributed by atoms with Crippen LogP contribution < -0.4 is 16.4 Å². The molecule has 1 atom stereocenters. The van der Waals surface area contributed by atoms with E-state index >= 15 is 0 Å². The minimum Gasteiger partial charge on any atom is -0.444 e. The van der Waals surface area contributed by atoms with Crippen LogP contribution in [0.1, 0.15) is 79.1 Å². The van der Waals surface area contributed by atoms with Gasteiger partial charge in [0.2, 0.25) is 11.7 Å². The van der Waals surface area contributed by atoms with Gasteiger partial charge in [-0.25, -0.2) is 4.79 Å². The zero-order valence-corrected chi connectivity index (χ0v) is 17.4. The van der Waals surface area contributed by atoms with Crippen molar-refractivity contribution in [2.45, 2.75) is 96.2 Å². The number of carbonyl (C=O) groups is 4. The molecule has 0 radical (unpaired) electrons. The van der Waals surface area contributed by atoms with E-state index in [2.05, 4.69) is 17.6 Å². The molecule has 2 saturated carbocycles. The number of nitrogens with two attached hydrogens (primary N) is 1. The van der Waals surface area contributed by atoms with Crippen LogP contribution in [0.3, 0.4) is 0 Å². The Hall–Kier alpha value is -2.12. The van der Waals surface area contributed by atoms with Crippen molar-refractivity contribution in [1.82, 2.24) is 10.6 Å². The summed E-state index contributed by atoms with van der Waals surface area (Å²) in [6, 6.07) is -0.851. The lowest BCUT2D eigenvalue weighted by Crippen LogP contribution is -2.65. The van der Waals surface area contributed by atoms with Crippen molar-refractivity contribution in [3.63, 3.8) is 0 Å². The molecule has 3 amide bonds. The average molecular weight is 396 g/mol. The van der Waals surface area contributed by atoms with Crippen LogP contribution in [0.4, 0.5) is 4.79 Å². The van der Waals surface area contributed by atoms with E-state index in [1.165, 1.54) is 0 Å². The maximum Gasteiger partial charge on any atom is 0.408 e. The SMILES string of the molecule is CC1(C[C@H](NC(=O)OC(C)(C)C)C(=O)NC2(C(=O)C(N)=O)CCC2)CCCC1. The lowest BCUT2D eigenvalue weighted by Gasteiger charge is -2.41. The highest BCUT2D eigenvalue weighted by Crippen LogP contribution is 2.41. The minimum atomic E-state index is -1.24. The van der Waals surface area contributed by atoms with E-state index in [1.54, 1.807) is 20.8 Å². The number of amides is 3. The summed E-state index contributed by atoms with van der Waals surface area (Å²) in [6.45, 7) is 7.34. The van der Waals surface area contributed by atoms with E-state index in [0.717, 1.165) is 32.1 Å². The number of ether oxygens (including phenoxy) is 1. The molecule has 0 aliphatic heterocycles. The summed E-state index contributed by atoms with van der Waals surface area (Å²) < 4.78 is 5.30. The third kappa shape index (κ3) is 5.45. The van der Waals surface area contributed by atoms with E-state index in [0.29, 0.717) is 19.3 Å². The van der Waals surface area contributed by atoms with Gasteiger partial charge in [0.05, 0.1) is 0 Å². The standard InChI is InChI=1S/C20H33N3O5/c1-18(2,3)28-17(27)22-13(12-19(4)8-5-6-9-19)16(26)23-20(10-7-11-20)14(24)15(21)25/h13H,5-12H2,1-4H3,(H2,21,25)(H,22,27)(H,23,26)/t13-/m0/s1. The molecule has 0 aromatic carbocycles. The van der Waals surface area contributed by atoms with Crippen LogP contribution in [0.5, 0.6) is 0 Å². The third-order valence-corrected chi connectivity index (χ3v) is 5.74. The van der Waals surface area contributed by atoms with Gasteiger partial charge in [0.25, 0.3) is 5.91 Å². The maximum atomic E-state index is 13.0. The fourth-order valence-electron chi connectivity index (χ4n) is 4.08. The van der Waals surface area contributed by atoms with Crippen LogP contribution in [-0.4, -0.2) is 40.9 Å². The molecule has 2 aliphatic rings. The first-order valence-corrected chi connectivity index (χ1v) is 10.0. The quantitative estimate of drug-likeness (QED) is 0.568. The normalized spacial score (nSPS) is 21.1. The van der Waals surface area contributed by atoms with Gasteiger partial charge in [-0.05, 0) is 64.7 Å². The molecule has 0 bridgehead atoms. The molecule has 2 aliphatic carbocycles. The fraction of sp³-hybridized carbons (Fsp3) is 0.800. The molecule has 8 nitrogen and oxygen atoms in total. The summed E-state index contributed by atoms with van der Waals surface area (Å²) in [7, 11) is 0. The Morgan fingerprint density at radius 2 is 1.61 bits per heavy atom. The molecule has 8 heteroatoms. The predicted molar refractivity (Wildman–Crippen MR) is 103 cm³/mol. The number of Topliss-reactive ketones (excluding diaryl/α,β-unsaturated/α-hetero) is 1. The minimum absolute atomic E-state index is 0.0719. The molecule has 0 heterocycles. The molecule has 2 rings (SSSR count). The van der Waals surface area contributed by atoms with Gasteiger partial charge in [-0.2, -0.15) is 0 Å². The second-order valence-corrected chi connectivity index (χ2v) is 9.54. The van der Waals surface area contributed by atoms with Crippen molar-refractivity contribution in [2.24, 2.45) is 11.1 Å². The Labute approximate surface area is 166 Å². The highest BCUT2D eigenvalue weighted by Gasteiger charge is 2.49. The Bertz CT molecular complexity index is 643. The van der Waals surface area contributed by atoms with Gasteiger partial charge in [-0.15, -0.1) is 0 Å². The number of rotatable bonds is 7. The van der Waals surface area contributed by atoms with Crippen LogP contribution in [0.25, 0.3) is 0 Å². The lowest BCUT2D eigenvalue weighted by atomic mass is 9.73. The first-order chi connectivity index (χ1) is 12.9. The lowest BCUT2D eigenvalue weighted by molar-refractivity contribution is -0.144. The van der Waals surface area contributed by atoms with Crippen LogP contribution >= 0.6 is 0 Å². The number of nitrogens with one attached hydrogen (secondary N) is 2. The van der Waals surface area contributed by atoms with Gasteiger partial charge in [0.15, 0.2) is 0 Å². The van der Waals surface area contributed by atoms with Crippen LogP contribution in [-0.2, 0) is 19.1 Å². The Balaban J connectivity index is 2.14. The average Bonchev–Trinajstić information content (AvgIpc) is 2.93. The molecule has 0 aromatic rings. The summed E-state index contributed by atoms with van der Waals surface area (Å²) in [5.41, 5.74) is 3.15. The predicted octanol–water partition coefficient (Wildman–Crippen LogP) is 1.94. The summed E-state index contributed by atoms with van der Waals surface area (Å²) in [5.74, 6) is -2.32. The molecule has 0 spiro atoms. The number of ketones is 1. The van der Waals surface area contributed by atoms with Crippen molar-refractivity contribution in [1.29, 1.82) is 0 Å². The number of hydrogen-bond acceptors (Lipinski definition) is 5. The van der Waals surface area contributed by atoms with Crippen molar-refractivity contribution < 1.29 is 23.9 Å². The van der Waals surface area contributed by atoms with Crippen molar-refractivity contribution in [3.05, 3.63) is 0 Å². The molecule has 2 fully saturated rings. The number of alkyl carbamates (subject to hydrolysis) is 1. The summed E-state index contributed by atoms with van der Waals surface area (Å²) in [4.78, 5) is 48.9. The van der Waals surface area contributed by atoms with Gasteiger partial charge >= 0.3 is 6.09 Å². The smallest absolute Gasteiger partial charge is 0.408 e. The Morgan fingerprint density at radius 3 is 2.04 bits per heavy atom. The van der Waals surface area contributed by atoms with Crippen LogP contribution in [0.2, 0.25) is 0 Å².